The molecule has 1 saturated heterocycles. The molecule has 6 nitrogen and oxygen atoms in total. The molecule has 0 radical (unpaired) electrons. The molecule has 1 aromatic rings. The normalized spacial score (nSPS) is 21.8. The highest BCUT2D eigenvalue weighted by molar-refractivity contribution is 9.11. The molecule has 1 atom stereocenters. The first-order chi connectivity index (χ1) is 9.83. The quantitative estimate of drug-likeness (QED) is 0.757. The smallest absolute Gasteiger partial charge is 0.242 e. The predicted molar refractivity (Wildman–Crippen MR) is 87.0 cm³/mol. The second-order valence-corrected chi connectivity index (χ2v) is 9.45. The zero-order valence-corrected chi connectivity index (χ0v) is 15.3. The Hall–Kier alpha value is -0.0300. The van der Waals surface area contributed by atoms with Crippen LogP contribution in [0, 0.1) is 0 Å². The maximum absolute atomic E-state index is 12.4. The number of sulfonamides is 1. The summed E-state index contributed by atoms with van der Waals surface area (Å²) in [6, 6.07) is 1.67. The van der Waals surface area contributed by atoms with Crippen molar-refractivity contribution in [1.82, 2.24) is 14.5 Å². The van der Waals surface area contributed by atoms with Crippen molar-refractivity contribution < 1.29 is 13.5 Å². The van der Waals surface area contributed by atoms with Crippen LogP contribution in [0.1, 0.15) is 4.88 Å². The first-order valence-corrected chi connectivity index (χ1v) is 9.70. The van der Waals surface area contributed by atoms with E-state index in [-0.39, 0.29) is 17.5 Å². The summed E-state index contributed by atoms with van der Waals surface area (Å²) in [4.78, 5) is 5.19. The second-order valence-electron chi connectivity index (χ2n) is 5.26. The molecule has 2 rings (SSSR count). The third-order valence-electron chi connectivity index (χ3n) is 3.64. The van der Waals surface area contributed by atoms with Crippen molar-refractivity contribution in [2.24, 2.45) is 0 Å². The summed E-state index contributed by atoms with van der Waals surface area (Å²) in [5, 5.41) is 9.10. The van der Waals surface area contributed by atoms with E-state index in [9.17, 15) is 8.42 Å². The monoisotopic (exact) mass is 397 g/mol. The number of aliphatic hydroxyl groups excluding tert-OH is 1. The minimum atomic E-state index is -3.56. The summed E-state index contributed by atoms with van der Waals surface area (Å²) in [6.07, 6.45) is 0. The molecule has 1 aliphatic heterocycles. The second kappa shape index (κ2) is 7.03. The van der Waals surface area contributed by atoms with Crippen molar-refractivity contribution in [2.75, 3.05) is 40.3 Å². The number of thiophene rings is 1. The van der Waals surface area contributed by atoms with Gasteiger partial charge in [-0.2, -0.15) is 0 Å². The van der Waals surface area contributed by atoms with Gasteiger partial charge in [-0.3, -0.25) is 4.90 Å². The molecule has 0 saturated carbocycles. The zero-order valence-electron chi connectivity index (χ0n) is 12.0. The number of hydrogen-bond acceptors (Lipinski definition) is 6. The summed E-state index contributed by atoms with van der Waals surface area (Å²) in [7, 11) is 0.486. The fourth-order valence-corrected chi connectivity index (χ4v) is 5.88. The highest BCUT2D eigenvalue weighted by Crippen LogP contribution is 2.31. The Morgan fingerprint density at radius 1 is 1.48 bits per heavy atom. The fraction of sp³-hybridized carbons (Fsp3) is 0.667. The minimum absolute atomic E-state index is 0.158. The van der Waals surface area contributed by atoms with Crippen molar-refractivity contribution >= 4 is 37.3 Å². The van der Waals surface area contributed by atoms with Crippen LogP contribution in [0.2, 0.25) is 0 Å². The number of aliphatic hydroxyl groups is 1. The highest BCUT2D eigenvalue weighted by atomic mass is 79.9. The Bertz CT molecular complexity index is 591. The number of nitrogens with one attached hydrogen (secondary N) is 1. The van der Waals surface area contributed by atoms with Gasteiger partial charge in [0.25, 0.3) is 0 Å². The summed E-state index contributed by atoms with van der Waals surface area (Å²) in [6.45, 7) is 2.98. The Morgan fingerprint density at radius 2 is 2.19 bits per heavy atom. The van der Waals surface area contributed by atoms with Gasteiger partial charge >= 0.3 is 0 Å². The number of rotatable bonds is 5. The Balaban J connectivity index is 2.05. The van der Waals surface area contributed by atoms with Gasteiger partial charge in [-0.25, -0.2) is 13.1 Å². The third kappa shape index (κ3) is 4.25. The molecule has 9 heteroatoms. The molecular formula is C12H20BrN3O3S2. The van der Waals surface area contributed by atoms with Gasteiger partial charge in [-0.15, -0.1) is 11.3 Å². The molecule has 2 heterocycles. The standard InChI is InChI=1S/C12H20BrN3O3S2/c1-15-3-4-16(2)9(7-15)6-14-21(18,19)11-5-10(8-17)20-12(11)13/h5,9,14,17H,3-4,6-8H2,1-2H3. The number of halogens is 1. The Labute approximate surface area is 137 Å². The highest BCUT2D eigenvalue weighted by Gasteiger charge is 2.26. The van der Waals surface area contributed by atoms with E-state index in [1.165, 1.54) is 17.4 Å². The van der Waals surface area contributed by atoms with Crippen LogP contribution in [0.4, 0.5) is 0 Å². The summed E-state index contributed by atoms with van der Waals surface area (Å²) in [5.74, 6) is 0. The van der Waals surface area contributed by atoms with E-state index in [0.29, 0.717) is 15.2 Å². The van der Waals surface area contributed by atoms with Crippen LogP contribution in [0.5, 0.6) is 0 Å². The lowest BCUT2D eigenvalue weighted by Gasteiger charge is -2.37. The van der Waals surface area contributed by atoms with E-state index in [2.05, 4.69) is 30.5 Å². The van der Waals surface area contributed by atoms with Gasteiger partial charge in [0.05, 0.1) is 10.4 Å². The maximum Gasteiger partial charge on any atom is 0.242 e. The van der Waals surface area contributed by atoms with Crippen molar-refractivity contribution in [3.8, 4) is 0 Å². The van der Waals surface area contributed by atoms with Crippen LogP contribution < -0.4 is 4.72 Å². The molecule has 0 spiro atoms. The molecule has 1 aromatic heterocycles. The summed E-state index contributed by atoms with van der Waals surface area (Å²) >= 11 is 4.48. The Kier molecular flexibility index (Phi) is 5.80. The largest absolute Gasteiger partial charge is 0.391 e. The molecule has 0 aliphatic carbocycles. The molecule has 1 unspecified atom stereocenters. The lowest BCUT2D eigenvalue weighted by atomic mass is 10.2. The van der Waals surface area contributed by atoms with Gasteiger partial charge in [-0.1, -0.05) is 0 Å². The average molecular weight is 398 g/mol. The molecule has 2 N–H and O–H groups in total. The predicted octanol–water partition coefficient (Wildman–Crippen LogP) is 0.527. The van der Waals surface area contributed by atoms with E-state index in [0.717, 1.165) is 19.6 Å². The molecule has 0 bridgehead atoms. The van der Waals surface area contributed by atoms with E-state index in [1.54, 1.807) is 0 Å². The van der Waals surface area contributed by atoms with Crippen LogP contribution in [0.15, 0.2) is 14.7 Å². The summed E-state index contributed by atoms with van der Waals surface area (Å²) in [5.41, 5.74) is 0. The van der Waals surface area contributed by atoms with Gasteiger partial charge < -0.3 is 10.0 Å². The maximum atomic E-state index is 12.4. The zero-order chi connectivity index (χ0) is 15.6. The molecule has 1 fully saturated rings. The SMILES string of the molecule is CN1CCN(C)C(CNS(=O)(=O)c2cc(CO)sc2Br)C1. The number of piperazine rings is 1. The van der Waals surface area contributed by atoms with Crippen LogP contribution >= 0.6 is 27.3 Å². The van der Waals surface area contributed by atoms with E-state index in [1.807, 2.05) is 14.1 Å². The van der Waals surface area contributed by atoms with Crippen LogP contribution in [0.25, 0.3) is 0 Å². The summed E-state index contributed by atoms with van der Waals surface area (Å²) < 4.78 is 27.9. The van der Waals surface area contributed by atoms with Gasteiger partial charge in [0.2, 0.25) is 10.0 Å². The van der Waals surface area contributed by atoms with E-state index in [4.69, 9.17) is 5.11 Å². The first kappa shape index (κ1) is 17.3. The van der Waals surface area contributed by atoms with Gasteiger partial charge in [0.1, 0.15) is 4.90 Å². The molecule has 120 valence electrons. The van der Waals surface area contributed by atoms with Crippen LogP contribution in [-0.2, 0) is 16.6 Å². The topological polar surface area (TPSA) is 72.9 Å². The van der Waals surface area contributed by atoms with Crippen molar-refractivity contribution in [3.05, 3.63) is 14.7 Å². The first-order valence-electron chi connectivity index (χ1n) is 6.61. The van der Waals surface area contributed by atoms with Gasteiger partial charge in [0, 0.05) is 37.1 Å². The molecule has 0 aromatic carbocycles. The molecule has 1 aliphatic rings. The lowest BCUT2D eigenvalue weighted by Crippen LogP contribution is -2.54. The van der Waals surface area contributed by atoms with Crippen molar-refractivity contribution in [3.63, 3.8) is 0 Å². The van der Waals surface area contributed by atoms with E-state index < -0.39 is 10.0 Å². The van der Waals surface area contributed by atoms with Gasteiger partial charge in [0.15, 0.2) is 0 Å². The van der Waals surface area contributed by atoms with E-state index >= 15 is 0 Å². The van der Waals surface area contributed by atoms with Gasteiger partial charge in [-0.05, 0) is 36.1 Å². The fourth-order valence-electron chi connectivity index (χ4n) is 2.26. The number of likely N-dealkylation sites (N-methyl/N-ethyl adjacent to an activating group) is 2. The van der Waals surface area contributed by atoms with Crippen LogP contribution in [-0.4, -0.2) is 69.6 Å². The average Bonchev–Trinajstić information content (AvgIpc) is 2.82. The van der Waals surface area contributed by atoms with Crippen molar-refractivity contribution in [1.29, 1.82) is 0 Å². The number of hydrogen-bond donors (Lipinski definition) is 2. The van der Waals surface area contributed by atoms with Crippen molar-refractivity contribution in [2.45, 2.75) is 17.5 Å². The molecular weight excluding hydrogens is 378 g/mol. The number of nitrogens with zero attached hydrogens (tertiary/aromatic N) is 2. The minimum Gasteiger partial charge on any atom is -0.391 e. The van der Waals surface area contributed by atoms with Crippen LogP contribution in [0.3, 0.4) is 0 Å². The molecule has 0 amide bonds. The lowest BCUT2D eigenvalue weighted by molar-refractivity contribution is 0.117. The Morgan fingerprint density at radius 3 is 2.81 bits per heavy atom. The molecule has 21 heavy (non-hydrogen) atoms. The third-order valence-corrected chi connectivity index (χ3v) is 7.30.